The topological polar surface area (TPSA) is 46.6 Å². The maximum absolute atomic E-state index is 11.1. The number of ether oxygens (including phenoxy) is 1. The van der Waals surface area contributed by atoms with Crippen LogP contribution < -0.4 is 0 Å². The molecule has 4 nitrogen and oxygen atoms in total. The molecule has 0 bridgehead atoms. The smallest absolute Gasteiger partial charge is 0.328 e. The van der Waals surface area contributed by atoms with Crippen molar-refractivity contribution in [3.8, 4) is 0 Å². The number of carbonyl (C=O) groups is 2. The molecule has 16 heavy (non-hydrogen) atoms. The van der Waals surface area contributed by atoms with Gasteiger partial charge in [-0.25, -0.2) is 4.79 Å². The van der Waals surface area contributed by atoms with E-state index in [0.717, 1.165) is 25.7 Å². The minimum absolute atomic E-state index is 0.304. The predicted molar refractivity (Wildman–Crippen MR) is 65.1 cm³/mol. The van der Waals surface area contributed by atoms with E-state index in [2.05, 4.69) is 4.74 Å². The molecule has 96 valence electrons. The molecule has 1 saturated heterocycles. The molecule has 1 unspecified atom stereocenters. The standard InChI is InChI=1S/C8H13NO3.2C2H6/c1-12-8(11)7-4-2-3-5-9(7)6-10;2*1-2/h6-7H,2-5H2,1H3;2*1-2H3. The van der Waals surface area contributed by atoms with Gasteiger partial charge in [0.15, 0.2) is 0 Å². The molecule has 1 fully saturated rings. The van der Waals surface area contributed by atoms with Crippen molar-refractivity contribution in [2.45, 2.75) is 53.0 Å². The summed E-state index contributed by atoms with van der Waals surface area (Å²) in [7, 11) is 1.35. The van der Waals surface area contributed by atoms with Gasteiger partial charge in [0.05, 0.1) is 7.11 Å². The first kappa shape index (κ1) is 17.3. The maximum atomic E-state index is 11.1. The van der Waals surface area contributed by atoms with Crippen LogP contribution in [-0.4, -0.2) is 37.0 Å². The van der Waals surface area contributed by atoms with E-state index in [4.69, 9.17) is 0 Å². The molecule has 0 aliphatic carbocycles. The second-order valence-electron chi connectivity index (χ2n) is 2.88. The van der Waals surface area contributed by atoms with E-state index in [1.807, 2.05) is 27.7 Å². The Hall–Kier alpha value is -1.06. The molecule has 1 amide bonds. The second kappa shape index (κ2) is 12.0. The number of piperidine rings is 1. The van der Waals surface area contributed by atoms with Crippen molar-refractivity contribution in [3.63, 3.8) is 0 Å². The fourth-order valence-electron chi connectivity index (χ4n) is 1.47. The second-order valence-corrected chi connectivity index (χ2v) is 2.88. The average Bonchev–Trinajstić information content (AvgIpc) is 2.42. The zero-order valence-corrected chi connectivity index (χ0v) is 11.2. The van der Waals surface area contributed by atoms with Gasteiger partial charge >= 0.3 is 5.97 Å². The number of esters is 1. The third kappa shape index (κ3) is 5.73. The lowest BCUT2D eigenvalue weighted by Crippen LogP contribution is -2.44. The molecule has 0 saturated carbocycles. The Morgan fingerprint density at radius 3 is 2.25 bits per heavy atom. The summed E-state index contributed by atoms with van der Waals surface area (Å²) >= 11 is 0. The van der Waals surface area contributed by atoms with Crippen molar-refractivity contribution in [3.05, 3.63) is 0 Å². The van der Waals surface area contributed by atoms with E-state index in [9.17, 15) is 9.59 Å². The normalized spacial score (nSPS) is 18.3. The highest BCUT2D eigenvalue weighted by Gasteiger charge is 2.27. The van der Waals surface area contributed by atoms with Crippen molar-refractivity contribution in [2.75, 3.05) is 13.7 Å². The number of likely N-dealkylation sites (tertiary alicyclic amines) is 1. The first-order chi connectivity index (χ1) is 7.79. The van der Waals surface area contributed by atoms with E-state index in [0.29, 0.717) is 6.54 Å². The minimum atomic E-state index is -0.346. The molecule has 1 aliphatic heterocycles. The van der Waals surface area contributed by atoms with E-state index in [-0.39, 0.29) is 12.0 Å². The summed E-state index contributed by atoms with van der Waals surface area (Å²) in [5.41, 5.74) is 0. The number of rotatable bonds is 2. The van der Waals surface area contributed by atoms with Gasteiger partial charge in [0, 0.05) is 6.54 Å². The summed E-state index contributed by atoms with van der Waals surface area (Å²) in [6.07, 6.45) is 3.42. The molecule has 0 aromatic rings. The Bertz CT molecular complexity index is 183. The monoisotopic (exact) mass is 231 g/mol. The number of hydrogen-bond acceptors (Lipinski definition) is 3. The molecule has 4 heteroatoms. The Morgan fingerprint density at radius 1 is 1.25 bits per heavy atom. The first-order valence-corrected chi connectivity index (χ1v) is 6.08. The largest absolute Gasteiger partial charge is 0.467 e. The van der Waals surface area contributed by atoms with Crippen molar-refractivity contribution >= 4 is 12.4 Å². The number of methoxy groups -OCH3 is 1. The summed E-state index contributed by atoms with van der Waals surface area (Å²) in [5.74, 6) is -0.304. The van der Waals surface area contributed by atoms with E-state index < -0.39 is 0 Å². The van der Waals surface area contributed by atoms with Crippen LogP contribution in [0.4, 0.5) is 0 Å². The summed E-state index contributed by atoms with van der Waals surface area (Å²) < 4.78 is 4.58. The van der Waals surface area contributed by atoms with Crippen LogP contribution in [0.2, 0.25) is 0 Å². The molecule has 1 heterocycles. The number of nitrogens with zero attached hydrogens (tertiary/aromatic N) is 1. The first-order valence-electron chi connectivity index (χ1n) is 6.08. The van der Waals surface area contributed by atoms with Gasteiger partial charge in [-0.3, -0.25) is 4.79 Å². The molecular formula is C12H25NO3. The van der Waals surface area contributed by atoms with Gasteiger partial charge in [-0.1, -0.05) is 27.7 Å². The van der Waals surface area contributed by atoms with Gasteiger partial charge in [0.2, 0.25) is 6.41 Å². The fraction of sp³-hybridized carbons (Fsp3) is 0.833. The lowest BCUT2D eigenvalue weighted by molar-refractivity contribution is -0.151. The molecule has 0 radical (unpaired) electrons. The van der Waals surface area contributed by atoms with Crippen LogP contribution in [0.3, 0.4) is 0 Å². The van der Waals surface area contributed by atoms with Crippen LogP contribution in [0.1, 0.15) is 47.0 Å². The quantitative estimate of drug-likeness (QED) is 0.541. The van der Waals surface area contributed by atoms with Crippen LogP contribution in [0, 0.1) is 0 Å². The molecule has 0 aromatic carbocycles. The summed E-state index contributed by atoms with van der Waals surface area (Å²) in [6, 6.07) is -0.346. The van der Waals surface area contributed by atoms with Crippen molar-refractivity contribution < 1.29 is 14.3 Å². The molecule has 1 aliphatic rings. The third-order valence-corrected chi connectivity index (χ3v) is 2.15. The molecule has 1 rings (SSSR count). The predicted octanol–water partition coefficient (Wildman–Crippen LogP) is 2.22. The summed E-state index contributed by atoms with van der Waals surface area (Å²) in [4.78, 5) is 23.1. The van der Waals surface area contributed by atoms with Crippen LogP contribution in [0.15, 0.2) is 0 Å². The lowest BCUT2D eigenvalue weighted by Gasteiger charge is -2.30. The average molecular weight is 231 g/mol. The van der Waals surface area contributed by atoms with Gasteiger partial charge < -0.3 is 9.64 Å². The molecular weight excluding hydrogens is 206 g/mol. The lowest BCUT2D eigenvalue weighted by atomic mass is 10.0. The van der Waals surface area contributed by atoms with Crippen molar-refractivity contribution in [1.82, 2.24) is 4.90 Å². The number of hydrogen-bond donors (Lipinski definition) is 0. The highest BCUT2D eigenvalue weighted by Crippen LogP contribution is 2.15. The van der Waals surface area contributed by atoms with E-state index in [1.165, 1.54) is 12.0 Å². The molecule has 1 atom stereocenters. The Balaban J connectivity index is 0. The highest BCUT2D eigenvalue weighted by molar-refractivity contribution is 5.78. The molecule has 0 N–H and O–H groups in total. The van der Waals surface area contributed by atoms with Crippen LogP contribution in [0.5, 0.6) is 0 Å². The minimum Gasteiger partial charge on any atom is -0.467 e. The van der Waals surface area contributed by atoms with Gasteiger partial charge in [0.25, 0.3) is 0 Å². The van der Waals surface area contributed by atoms with E-state index in [1.54, 1.807) is 0 Å². The third-order valence-electron chi connectivity index (χ3n) is 2.15. The SMILES string of the molecule is CC.CC.COC(=O)C1CCCCN1C=O. The molecule has 0 aromatic heterocycles. The number of carbonyl (C=O) groups excluding carboxylic acids is 2. The van der Waals surface area contributed by atoms with Crippen LogP contribution >= 0.6 is 0 Å². The van der Waals surface area contributed by atoms with Gasteiger partial charge in [-0.05, 0) is 19.3 Å². The van der Waals surface area contributed by atoms with E-state index >= 15 is 0 Å². The van der Waals surface area contributed by atoms with Crippen LogP contribution in [-0.2, 0) is 14.3 Å². The zero-order valence-electron chi connectivity index (χ0n) is 11.2. The highest BCUT2D eigenvalue weighted by atomic mass is 16.5. The van der Waals surface area contributed by atoms with Gasteiger partial charge in [-0.2, -0.15) is 0 Å². The van der Waals surface area contributed by atoms with Crippen LogP contribution in [0.25, 0.3) is 0 Å². The molecule has 0 spiro atoms. The Kier molecular flexibility index (Phi) is 13.0. The zero-order chi connectivity index (χ0) is 13.0. The van der Waals surface area contributed by atoms with Crippen molar-refractivity contribution in [2.24, 2.45) is 0 Å². The summed E-state index contributed by atoms with van der Waals surface area (Å²) in [5, 5.41) is 0. The maximum Gasteiger partial charge on any atom is 0.328 e. The Labute approximate surface area is 99.0 Å². The van der Waals surface area contributed by atoms with Gasteiger partial charge in [0.1, 0.15) is 6.04 Å². The Morgan fingerprint density at radius 2 is 1.81 bits per heavy atom. The number of amides is 1. The fourth-order valence-corrected chi connectivity index (χ4v) is 1.47. The van der Waals surface area contributed by atoms with Crippen molar-refractivity contribution in [1.29, 1.82) is 0 Å². The summed E-state index contributed by atoms with van der Waals surface area (Å²) in [6.45, 7) is 8.67. The van der Waals surface area contributed by atoms with Gasteiger partial charge in [-0.15, -0.1) is 0 Å².